The highest BCUT2D eigenvalue weighted by Gasteiger charge is 2.36. The molecule has 11 heteroatoms. The molecule has 3 aromatic carbocycles. The number of nitriles is 1. The number of rotatable bonds is 10. The summed E-state index contributed by atoms with van der Waals surface area (Å²) in [5.41, 5.74) is 0.935. The van der Waals surface area contributed by atoms with Crippen molar-refractivity contribution in [1.82, 2.24) is 19.8 Å². The van der Waals surface area contributed by atoms with E-state index in [2.05, 4.69) is 10.3 Å². The second kappa shape index (κ2) is 13.6. The number of aromatic amines is 1. The number of nitrogens with zero attached hydrogens (tertiary/aromatic N) is 3. The molecule has 1 amide bonds. The lowest BCUT2D eigenvalue weighted by molar-refractivity contribution is -0.137. The summed E-state index contributed by atoms with van der Waals surface area (Å²) in [6, 6.07) is 21.3. The number of ether oxygens (including phenoxy) is 1. The van der Waals surface area contributed by atoms with Gasteiger partial charge in [0.2, 0.25) is 0 Å². The quantitative estimate of drug-likeness (QED) is 0.160. The van der Waals surface area contributed by atoms with Gasteiger partial charge in [-0.3, -0.25) is 9.59 Å². The number of aromatic nitrogens is 2. The number of nitrogens with one attached hydrogen (secondary N) is 2. The van der Waals surface area contributed by atoms with Crippen LogP contribution < -0.4 is 15.6 Å². The molecule has 2 N–H and O–H groups in total. The van der Waals surface area contributed by atoms with Crippen LogP contribution in [-0.2, 0) is 12.7 Å². The van der Waals surface area contributed by atoms with Gasteiger partial charge < -0.3 is 24.5 Å². The molecule has 0 saturated carbocycles. The average Bonchev–Trinajstić information content (AvgIpc) is 3.45. The maximum absolute atomic E-state index is 14.0. The molecule has 0 aliphatic rings. The van der Waals surface area contributed by atoms with Crippen LogP contribution in [0.3, 0.4) is 0 Å². The number of carbonyl (C=O) groups excluding carboxylic acids is 1. The number of benzene rings is 3. The Morgan fingerprint density at radius 1 is 1.00 bits per heavy atom. The van der Waals surface area contributed by atoms with Crippen LogP contribution in [0, 0.1) is 25.2 Å². The van der Waals surface area contributed by atoms with Gasteiger partial charge in [0.15, 0.2) is 0 Å². The van der Waals surface area contributed by atoms with Crippen LogP contribution in [0.4, 0.5) is 13.2 Å². The number of hydrogen-bond donors (Lipinski definition) is 2. The monoisotopic (exact) mass is 641 g/mol. The lowest BCUT2D eigenvalue weighted by Crippen LogP contribution is -2.29. The molecule has 8 nitrogen and oxygen atoms in total. The van der Waals surface area contributed by atoms with Crippen molar-refractivity contribution in [2.75, 3.05) is 27.2 Å². The van der Waals surface area contributed by atoms with E-state index in [0.29, 0.717) is 29.3 Å². The molecule has 47 heavy (non-hydrogen) atoms. The zero-order valence-corrected chi connectivity index (χ0v) is 26.5. The van der Waals surface area contributed by atoms with Crippen molar-refractivity contribution >= 4 is 16.8 Å². The molecular weight excluding hydrogens is 607 g/mol. The molecule has 2 heterocycles. The van der Waals surface area contributed by atoms with Crippen LogP contribution in [0.1, 0.15) is 44.7 Å². The van der Waals surface area contributed by atoms with Crippen LogP contribution in [0.25, 0.3) is 22.2 Å². The topological polar surface area (TPSA) is 103 Å². The number of pyridine rings is 1. The largest absolute Gasteiger partial charge is 0.457 e. The highest BCUT2D eigenvalue weighted by Crippen LogP contribution is 2.35. The highest BCUT2D eigenvalue weighted by molar-refractivity contribution is 5.98. The number of fused-ring (bicyclic) bond motifs is 1. The summed E-state index contributed by atoms with van der Waals surface area (Å²) in [6.45, 7) is 5.19. The Balaban J connectivity index is 1.42. The van der Waals surface area contributed by atoms with Crippen molar-refractivity contribution in [3.05, 3.63) is 117 Å². The number of hydrogen-bond acceptors (Lipinski definition) is 5. The maximum atomic E-state index is 14.0. The number of halogens is 3. The SMILES string of the molecule is Cc1ccc(Cn2c(-c3ccc(Oc4ccc5[nH]c(C(=O)NCCCN(C)C)cc5c4)cc3)cc(C(F)(F)F)c(C#N)c2=O)c(C)c1. The molecule has 0 unspecified atom stereocenters. The summed E-state index contributed by atoms with van der Waals surface area (Å²) in [5, 5.41) is 13.2. The lowest BCUT2D eigenvalue weighted by Gasteiger charge is -2.19. The second-order valence-corrected chi connectivity index (χ2v) is 11.7. The van der Waals surface area contributed by atoms with Gasteiger partial charge in [-0.15, -0.1) is 0 Å². The fourth-order valence-corrected chi connectivity index (χ4v) is 5.39. The Bertz CT molecular complexity index is 2040. The maximum Gasteiger partial charge on any atom is 0.417 e. The Morgan fingerprint density at radius 3 is 2.38 bits per heavy atom. The zero-order chi connectivity index (χ0) is 33.9. The predicted molar refractivity (Wildman–Crippen MR) is 175 cm³/mol. The van der Waals surface area contributed by atoms with Gasteiger partial charge in [0.1, 0.15) is 28.8 Å². The van der Waals surface area contributed by atoms with Gasteiger partial charge in [0, 0.05) is 17.4 Å². The predicted octanol–water partition coefficient (Wildman–Crippen LogP) is 7.03. The third-order valence-corrected chi connectivity index (χ3v) is 7.83. The second-order valence-electron chi connectivity index (χ2n) is 11.7. The summed E-state index contributed by atoms with van der Waals surface area (Å²) in [7, 11) is 3.95. The van der Waals surface area contributed by atoms with Gasteiger partial charge >= 0.3 is 6.18 Å². The van der Waals surface area contributed by atoms with Crippen LogP contribution in [0.5, 0.6) is 11.5 Å². The molecule has 242 valence electrons. The van der Waals surface area contributed by atoms with Crippen LogP contribution in [0.15, 0.2) is 77.6 Å². The third-order valence-electron chi connectivity index (χ3n) is 7.83. The summed E-state index contributed by atoms with van der Waals surface area (Å²) in [6.07, 6.45) is -4.07. The minimum atomic E-state index is -4.90. The van der Waals surface area contributed by atoms with Crippen molar-refractivity contribution in [1.29, 1.82) is 5.26 Å². The standard InChI is InChI=1S/C36H34F3N5O3/c1-22-6-7-25(23(2)16-22)21-44-33(19-30(36(37,38)39)29(20-40)35(44)46)24-8-10-27(11-9-24)47-28-12-13-31-26(17-28)18-32(42-31)34(45)41-14-5-15-43(3)4/h6-13,16-19,42H,5,14-15,21H2,1-4H3,(H,41,45). The van der Waals surface area contributed by atoms with Crippen molar-refractivity contribution in [2.24, 2.45) is 0 Å². The first-order chi connectivity index (χ1) is 22.3. The molecule has 0 fully saturated rings. The van der Waals surface area contributed by atoms with E-state index in [4.69, 9.17) is 4.74 Å². The van der Waals surface area contributed by atoms with E-state index >= 15 is 0 Å². The molecule has 0 radical (unpaired) electrons. The Kier molecular flexibility index (Phi) is 9.54. The van der Waals surface area contributed by atoms with Crippen molar-refractivity contribution in [3.8, 4) is 28.8 Å². The van der Waals surface area contributed by atoms with E-state index in [1.807, 2.05) is 51.0 Å². The van der Waals surface area contributed by atoms with Gasteiger partial charge in [-0.1, -0.05) is 23.8 Å². The van der Waals surface area contributed by atoms with Gasteiger partial charge in [0.25, 0.3) is 11.5 Å². The molecule has 0 atom stereocenters. The summed E-state index contributed by atoms with van der Waals surface area (Å²) < 4.78 is 49.2. The van der Waals surface area contributed by atoms with Crippen LogP contribution in [-0.4, -0.2) is 47.5 Å². The average molecular weight is 642 g/mol. The van der Waals surface area contributed by atoms with Crippen LogP contribution >= 0.6 is 0 Å². The smallest absolute Gasteiger partial charge is 0.417 e. The van der Waals surface area contributed by atoms with Gasteiger partial charge in [-0.05, 0) is 112 Å². The first kappa shape index (κ1) is 33.0. The number of alkyl halides is 3. The summed E-state index contributed by atoms with van der Waals surface area (Å²) >= 11 is 0. The zero-order valence-electron chi connectivity index (χ0n) is 26.5. The number of H-pyrrole nitrogens is 1. The van der Waals surface area contributed by atoms with Crippen molar-refractivity contribution in [3.63, 3.8) is 0 Å². The van der Waals surface area contributed by atoms with E-state index in [0.717, 1.165) is 46.6 Å². The van der Waals surface area contributed by atoms with Gasteiger partial charge in [-0.25, -0.2) is 0 Å². The molecule has 0 saturated heterocycles. The first-order valence-electron chi connectivity index (χ1n) is 15.0. The van der Waals surface area contributed by atoms with Gasteiger partial charge in [-0.2, -0.15) is 18.4 Å². The molecule has 0 aliphatic carbocycles. The lowest BCUT2D eigenvalue weighted by atomic mass is 10.0. The third kappa shape index (κ3) is 7.56. The molecule has 0 spiro atoms. The number of carbonyl (C=O) groups is 1. The van der Waals surface area contributed by atoms with Gasteiger partial charge in [0.05, 0.1) is 17.8 Å². The Morgan fingerprint density at radius 2 is 1.72 bits per heavy atom. The normalized spacial score (nSPS) is 11.6. The summed E-state index contributed by atoms with van der Waals surface area (Å²) in [5.74, 6) is 0.702. The first-order valence-corrected chi connectivity index (χ1v) is 15.0. The number of amides is 1. The molecule has 0 bridgehead atoms. The van der Waals surface area contributed by atoms with E-state index in [1.54, 1.807) is 48.5 Å². The van der Waals surface area contributed by atoms with Crippen LogP contribution in [0.2, 0.25) is 0 Å². The Labute approximate surface area is 270 Å². The van der Waals surface area contributed by atoms with E-state index in [1.165, 1.54) is 10.6 Å². The van der Waals surface area contributed by atoms with E-state index in [9.17, 15) is 28.0 Å². The molecule has 5 aromatic rings. The minimum Gasteiger partial charge on any atom is -0.457 e. The van der Waals surface area contributed by atoms with E-state index < -0.39 is 22.9 Å². The fourth-order valence-electron chi connectivity index (χ4n) is 5.39. The number of aryl methyl sites for hydroxylation is 2. The summed E-state index contributed by atoms with van der Waals surface area (Å²) in [4.78, 5) is 31.1. The fraction of sp³-hybridized carbons (Fsp3) is 0.250. The molecular formula is C36H34F3N5O3. The highest BCUT2D eigenvalue weighted by atomic mass is 19.4. The molecule has 0 aliphatic heterocycles. The molecule has 2 aromatic heterocycles. The molecule has 5 rings (SSSR count). The minimum absolute atomic E-state index is 0.0158. The Hall–Kier alpha value is -5.34. The van der Waals surface area contributed by atoms with Crippen molar-refractivity contribution in [2.45, 2.75) is 33.0 Å². The van der Waals surface area contributed by atoms with Crippen molar-refractivity contribution < 1.29 is 22.7 Å². The van der Waals surface area contributed by atoms with E-state index in [-0.39, 0.29) is 18.1 Å².